The van der Waals surface area contributed by atoms with Crippen molar-refractivity contribution in [1.29, 1.82) is 0 Å². The molecule has 100 valence electrons. The van der Waals surface area contributed by atoms with E-state index >= 15 is 0 Å². The van der Waals surface area contributed by atoms with Crippen molar-refractivity contribution in [3.8, 4) is 0 Å². The van der Waals surface area contributed by atoms with E-state index in [9.17, 15) is 22.4 Å². The number of nitrogens with one attached hydrogen (secondary N) is 2. The van der Waals surface area contributed by atoms with Gasteiger partial charge in [0, 0.05) is 13.1 Å². The van der Waals surface area contributed by atoms with Gasteiger partial charge < -0.3 is 10.6 Å². The zero-order chi connectivity index (χ0) is 13.1. The monoisotopic (exact) mass is 256 g/mol. The van der Waals surface area contributed by atoms with Crippen molar-refractivity contribution in [2.24, 2.45) is 5.41 Å². The second-order valence-electron chi connectivity index (χ2n) is 4.70. The van der Waals surface area contributed by atoms with E-state index in [1.807, 2.05) is 12.2 Å². The summed E-state index contributed by atoms with van der Waals surface area (Å²) in [5.41, 5.74) is -0.355. The third kappa shape index (κ3) is 3.55. The first-order chi connectivity index (χ1) is 7.78. The molecule has 0 spiro atoms. The van der Waals surface area contributed by atoms with E-state index < -0.39 is 18.3 Å². The number of alkyl halides is 4. The van der Waals surface area contributed by atoms with Gasteiger partial charge in [0.15, 0.2) is 0 Å². The highest BCUT2D eigenvalue weighted by atomic mass is 19.3. The summed E-state index contributed by atoms with van der Waals surface area (Å²) >= 11 is 0. The number of hydrogen-bond donors (Lipinski definition) is 2. The van der Waals surface area contributed by atoms with Crippen LogP contribution >= 0.6 is 0 Å². The number of hydrogen-bond acceptors (Lipinski definition) is 2. The summed E-state index contributed by atoms with van der Waals surface area (Å²) in [5.74, 6) is -6.52. The lowest BCUT2D eigenvalue weighted by Crippen LogP contribution is -2.51. The van der Waals surface area contributed by atoms with E-state index in [1.165, 1.54) is 0 Å². The predicted octanol–water partition coefficient (Wildman–Crippen LogP) is 1.39. The fraction of sp³-hybridized carbons (Fsp3) is 0.900. The molecule has 0 aromatic heterocycles. The lowest BCUT2D eigenvalue weighted by atomic mass is 9.83. The molecule has 1 aliphatic heterocycles. The molecule has 3 nitrogen and oxygen atoms in total. The summed E-state index contributed by atoms with van der Waals surface area (Å²) in [4.78, 5) is 10.9. The summed E-state index contributed by atoms with van der Waals surface area (Å²) in [6.45, 7) is 3.21. The second-order valence-corrected chi connectivity index (χ2v) is 4.70. The van der Waals surface area contributed by atoms with Crippen LogP contribution < -0.4 is 10.6 Å². The molecule has 0 bridgehead atoms. The van der Waals surface area contributed by atoms with Gasteiger partial charge in [-0.05, 0) is 24.8 Å². The van der Waals surface area contributed by atoms with Gasteiger partial charge in [0.1, 0.15) is 0 Å². The molecule has 0 saturated carbocycles. The Hall–Kier alpha value is -0.850. The Morgan fingerprint density at radius 2 is 2.18 bits per heavy atom. The first-order valence-corrected chi connectivity index (χ1v) is 5.43. The number of rotatable bonds is 4. The smallest absolute Gasteiger partial charge is 0.350 e. The van der Waals surface area contributed by atoms with Crippen molar-refractivity contribution >= 4 is 5.91 Å². The zero-order valence-electron chi connectivity index (χ0n) is 9.53. The highest BCUT2D eigenvalue weighted by Crippen LogP contribution is 2.26. The molecule has 0 aliphatic carbocycles. The van der Waals surface area contributed by atoms with Gasteiger partial charge in [0.05, 0.1) is 0 Å². The van der Waals surface area contributed by atoms with E-state index in [-0.39, 0.29) is 12.0 Å². The highest BCUT2D eigenvalue weighted by Gasteiger charge is 2.49. The fourth-order valence-corrected chi connectivity index (χ4v) is 1.78. The van der Waals surface area contributed by atoms with Crippen molar-refractivity contribution in [3.63, 3.8) is 0 Å². The van der Waals surface area contributed by atoms with Gasteiger partial charge in [-0.3, -0.25) is 4.79 Å². The Balaban J connectivity index is 2.47. The molecule has 1 atom stereocenters. The van der Waals surface area contributed by atoms with E-state index in [2.05, 4.69) is 5.32 Å². The Morgan fingerprint density at radius 3 is 2.65 bits per heavy atom. The van der Waals surface area contributed by atoms with Crippen molar-refractivity contribution in [1.82, 2.24) is 10.6 Å². The maximum atomic E-state index is 12.6. The van der Waals surface area contributed by atoms with E-state index in [0.717, 1.165) is 19.4 Å². The van der Waals surface area contributed by atoms with Crippen molar-refractivity contribution < 1.29 is 22.4 Å². The van der Waals surface area contributed by atoms with Gasteiger partial charge in [-0.15, -0.1) is 0 Å². The van der Waals surface area contributed by atoms with Crippen LogP contribution in [-0.4, -0.2) is 37.9 Å². The molecule has 1 rings (SSSR count). The Labute approximate surface area is 96.9 Å². The van der Waals surface area contributed by atoms with Gasteiger partial charge in [0.25, 0.3) is 5.91 Å². The quantitative estimate of drug-likeness (QED) is 0.746. The summed E-state index contributed by atoms with van der Waals surface area (Å²) in [5, 5.41) is 4.98. The molecule has 1 saturated heterocycles. The van der Waals surface area contributed by atoms with Crippen LogP contribution in [0.5, 0.6) is 0 Å². The lowest BCUT2D eigenvalue weighted by molar-refractivity contribution is -0.169. The second kappa shape index (κ2) is 5.20. The predicted molar refractivity (Wildman–Crippen MR) is 54.2 cm³/mol. The summed E-state index contributed by atoms with van der Waals surface area (Å²) < 4.78 is 49.1. The minimum absolute atomic E-state index is 0.0266. The first-order valence-electron chi connectivity index (χ1n) is 5.43. The largest absolute Gasteiger partial charge is 0.383 e. The number of piperidine rings is 1. The summed E-state index contributed by atoms with van der Waals surface area (Å²) in [6.07, 6.45) is -2.34. The van der Waals surface area contributed by atoms with Crippen LogP contribution in [0.25, 0.3) is 0 Å². The Morgan fingerprint density at radius 1 is 1.53 bits per heavy atom. The SMILES string of the molecule is CC1(CNC(=O)C(F)(F)C(F)F)CCCNC1. The van der Waals surface area contributed by atoms with Crippen molar-refractivity contribution in [2.75, 3.05) is 19.6 Å². The Kier molecular flexibility index (Phi) is 4.35. The third-order valence-electron chi connectivity index (χ3n) is 2.94. The normalized spacial score (nSPS) is 26.0. The van der Waals surface area contributed by atoms with Crippen LogP contribution in [0.15, 0.2) is 0 Å². The standard InChI is InChI=1S/C10H16F4N2O/c1-9(3-2-4-15-5-9)6-16-8(17)10(13,14)7(11)12/h7,15H,2-6H2,1H3,(H,16,17). The van der Waals surface area contributed by atoms with Gasteiger partial charge in [-0.2, -0.15) is 8.78 Å². The molecule has 1 fully saturated rings. The molecular weight excluding hydrogens is 240 g/mol. The van der Waals surface area contributed by atoms with Gasteiger partial charge in [-0.1, -0.05) is 6.92 Å². The molecule has 1 heterocycles. The van der Waals surface area contributed by atoms with Crippen LogP contribution in [0, 0.1) is 5.41 Å². The summed E-state index contributed by atoms with van der Waals surface area (Å²) in [7, 11) is 0. The van der Waals surface area contributed by atoms with E-state index in [4.69, 9.17) is 0 Å². The van der Waals surface area contributed by atoms with Crippen LogP contribution in [0.4, 0.5) is 17.6 Å². The molecule has 0 aromatic carbocycles. The van der Waals surface area contributed by atoms with Crippen LogP contribution in [0.2, 0.25) is 0 Å². The van der Waals surface area contributed by atoms with E-state index in [0.29, 0.717) is 6.54 Å². The molecule has 1 unspecified atom stereocenters. The maximum absolute atomic E-state index is 12.6. The number of carbonyl (C=O) groups excluding carboxylic acids is 1. The van der Waals surface area contributed by atoms with Crippen molar-refractivity contribution in [2.45, 2.75) is 32.1 Å². The minimum Gasteiger partial charge on any atom is -0.350 e. The van der Waals surface area contributed by atoms with Gasteiger partial charge in [-0.25, -0.2) is 8.78 Å². The lowest BCUT2D eigenvalue weighted by Gasteiger charge is -2.34. The molecule has 1 aliphatic rings. The van der Waals surface area contributed by atoms with Crippen LogP contribution in [-0.2, 0) is 4.79 Å². The van der Waals surface area contributed by atoms with Gasteiger partial charge in [0.2, 0.25) is 0 Å². The average molecular weight is 256 g/mol. The molecular formula is C10H16F4N2O. The van der Waals surface area contributed by atoms with E-state index in [1.54, 1.807) is 0 Å². The molecule has 0 radical (unpaired) electrons. The molecule has 1 amide bonds. The van der Waals surface area contributed by atoms with Crippen LogP contribution in [0.3, 0.4) is 0 Å². The molecule has 7 heteroatoms. The number of halogens is 4. The first kappa shape index (κ1) is 14.2. The average Bonchev–Trinajstić information content (AvgIpc) is 2.26. The maximum Gasteiger partial charge on any atom is 0.383 e. The molecule has 2 N–H and O–H groups in total. The number of carbonyl (C=O) groups is 1. The minimum atomic E-state index is -4.61. The number of amides is 1. The topological polar surface area (TPSA) is 41.1 Å². The fourth-order valence-electron chi connectivity index (χ4n) is 1.78. The highest BCUT2D eigenvalue weighted by molar-refractivity contribution is 5.83. The summed E-state index contributed by atoms with van der Waals surface area (Å²) in [6, 6.07) is 0. The van der Waals surface area contributed by atoms with Gasteiger partial charge >= 0.3 is 12.3 Å². The van der Waals surface area contributed by atoms with Crippen molar-refractivity contribution in [3.05, 3.63) is 0 Å². The molecule has 0 aromatic rings. The van der Waals surface area contributed by atoms with Crippen LogP contribution in [0.1, 0.15) is 19.8 Å². The Bertz CT molecular complexity index is 277. The third-order valence-corrected chi connectivity index (χ3v) is 2.94. The zero-order valence-corrected chi connectivity index (χ0v) is 9.53. The molecule has 17 heavy (non-hydrogen) atoms.